The van der Waals surface area contributed by atoms with Gasteiger partial charge in [-0.25, -0.2) is 0 Å². The number of hydrogen-bond donors (Lipinski definition) is 1. The second-order valence-electron chi connectivity index (χ2n) is 5.78. The molecular weight excluding hydrogens is 279 g/mol. The number of rotatable bonds is 5. The highest BCUT2D eigenvalue weighted by Crippen LogP contribution is 2.34. The highest BCUT2D eigenvalue weighted by molar-refractivity contribution is 5.27. The molecule has 5 heteroatoms. The van der Waals surface area contributed by atoms with Crippen LogP contribution in [0.2, 0.25) is 0 Å². The Labute approximate surface area is 123 Å². The van der Waals surface area contributed by atoms with Gasteiger partial charge in [0, 0.05) is 12.6 Å². The molecule has 0 saturated heterocycles. The Kier molecular flexibility index (Phi) is 5.14. The molecule has 0 radical (unpaired) electrons. The van der Waals surface area contributed by atoms with Gasteiger partial charge in [-0.15, -0.1) is 13.2 Å². The lowest BCUT2D eigenvalue weighted by Gasteiger charge is -2.21. The van der Waals surface area contributed by atoms with E-state index >= 15 is 0 Å². The fourth-order valence-electron chi connectivity index (χ4n) is 3.17. The van der Waals surface area contributed by atoms with Crippen molar-refractivity contribution < 1.29 is 17.9 Å². The maximum atomic E-state index is 12.1. The van der Waals surface area contributed by atoms with E-state index in [1.807, 2.05) is 0 Å². The SMILES string of the molecule is CCC1CCC(NCc2ccc(OC(F)(F)F)cc2)C1C. The van der Waals surface area contributed by atoms with Gasteiger partial charge in [-0.1, -0.05) is 32.4 Å². The first-order valence-corrected chi connectivity index (χ1v) is 7.47. The Morgan fingerprint density at radius 3 is 2.38 bits per heavy atom. The molecule has 1 saturated carbocycles. The maximum absolute atomic E-state index is 12.1. The first kappa shape index (κ1) is 16.1. The van der Waals surface area contributed by atoms with Gasteiger partial charge >= 0.3 is 6.36 Å². The van der Waals surface area contributed by atoms with Crippen LogP contribution in [0.15, 0.2) is 24.3 Å². The van der Waals surface area contributed by atoms with Crippen molar-refractivity contribution in [1.82, 2.24) is 5.32 Å². The van der Waals surface area contributed by atoms with E-state index in [0.29, 0.717) is 18.5 Å². The summed E-state index contributed by atoms with van der Waals surface area (Å²) in [6, 6.07) is 6.56. The van der Waals surface area contributed by atoms with Crippen molar-refractivity contribution in [2.24, 2.45) is 11.8 Å². The van der Waals surface area contributed by atoms with Crippen LogP contribution in [-0.2, 0) is 6.54 Å². The third-order valence-electron chi connectivity index (χ3n) is 4.48. The van der Waals surface area contributed by atoms with Crippen molar-refractivity contribution in [2.45, 2.75) is 52.1 Å². The van der Waals surface area contributed by atoms with Gasteiger partial charge in [0.2, 0.25) is 0 Å². The number of nitrogens with one attached hydrogen (secondary N) is 1. The van der Waals surface area contributed by atoms with Crippen molar-refractivity contribution in [3.63, 3.8) is 0 Å². The Morgan fingerprint density at radius 1 is 1.19 bits per heavy atom. The summed E-state index contributed by atoms with van der Waals surface area (Å²) in [5.41, 5.74) is 0.969. The Balaban J connectivity index is 1.84. The quantitative estimate of drug-likeness (QED) is 0.864. The number of halogens is 3. The van der Waals surface area contributed by atoms with E-state index in [0.717, 1.165) is 11.5 Å². The predicted octanol–water partition coefficient (Wildman–Crippen LogP) is 4.50. The first-order chi connectivity index (χ1) is 9.89. The first-order valence-electron chi connectivity index (χ1n) is 7.47. The molecule has 118 valence electrons. The molecule has 1 aromatic carbocycles. The average Bonchev–Trinajstić information content (AvgIpc) is 2.77. The number of alkyl halides is 3. The summed E-state index contributed by atoms with van der Waals surface area (Å²) in [6.07, 6.45) is -0.986. The van der Waals surface area contributed by atoms with Gasteiger partial charge in [0.1, 0.15) is 5.75 Å². The second kappa shape index (κ2) is 6.69. The Bertz CT molecular complexity index is 444. The van der Waals surface area contributed by atoms with E-state index in [-0.39, 0.29) is 5.75 Å². The zero-order valence-corrected chi connectivity index (χ0v) is 12.4. The lowest BCUT2D eigenvalue weighted by atomic mass is 9.93. The monoisotopic (exact) mass is 301 g/mol. The molecule has 0 heterocycles. The van der Waals surface area contributed by atoms with E-state index in [4.69, 9.17) is 0 Å². The fraction of sp³-hybridized carbons (Fsp3) is 0.625. The van der Waals surface area contributed by atoms with Crippen LogP contribution in [0.3, 0.4) is 0 Å². The smallest absolute Gasteiger partial charge is 0.406 e. The van der Waals surface area contributed by atoms with E-state index in [2.05, 4.69) is 23.9 Å². The zero-order chi connectivity index (χ0) is 15.5. The van der Waals surface area contributed by atoms with E-state index < -0.39 is 6.36 Å². The third-order valence-corrected chi connectivity index (χ3v) is 4.48. The molecule has 3 atom stereocenters. The van der Waals surface area contributed by atoms with Gasteiger partial charge in [-0.2, -0.15) is 0 Å². The van der Waals surface area contributed by atoms with Gasteiger partial charge in [0.15, 0.2) is 0 Å². The van der Waals surface area contributed by atoms with Gasteiger partial charge in [-0.05, 0) is 42.4 Å². The summed E-state index contributed by atoms with van der Waals surface area (Å²) in [6.45, 7) is 5.18. The largest absolute Gasteiger partial charge is 0.573 e. The summed E-state index contributed by atoms with van der Waals surface area (Å²) in [7, 11) is 0. The van der Waals surface area contributed by atoms with Crippen LogP contribution in [0.25, 0.3) is 0 Å². The molecule has 1 aromatic rings. The van der Waals surface area contributed by atoms with E-state index in [1.165, 1.54) is 31.4 Å². The van der Waals surface area contributed by atoms with Crippen molar-refractivity contribution in [2.75, 3.05) is 0 Å². The standard InChI is InChI=1S/C16H22F3NO/c1-3-13-6-9-15(11(13)2)20-10-12-4-7-14(8-5-12)21-16(17,18)19/h4-5,7-8,11,13,15,20H,3,6,9-10H2,1-2H3. The van der Waals surface area contributed by atoms with E-state index in [9.17, 15) is 13.2 Å². The molecule has 0 aromatic heterocycles. The summed E-state index contributed by atoms with van der Waals surface area (Å²) in [5, 5.41) is 3.52. The van der Waals surface area contributed by atoms with Crippen LogP contribution in [-0.4, -0.2) is 12.4 Å². The normalized spacial score (nSPS) is 26.0. The number of ether oxygens (including phenoxy) is 1. The molecule has 1 N–H and O–H groups in total. The van der Waals surface area contributed by atoms with Crippen LogP contribution in [0.4, 0.5) is 13.2 Å². The molecule has 1 aliphatic carbocycles. The van der Waals surface area contributed by atoms with Gasteiger partial charge < -0.3 is 10.1 Å². The van der Waals surface area contributed by atoms with Gasteiger partial charge in [0.25, 0.3) is 0 Å². The summed E-state index contributed by atoms with van der Waals surface area (Å²) in [4.78, 5) is 0. The van der Waals surface area contributed by atoms with Gasteiger partial charge in [0.05, 0.1) is 0 Å². The second-order valence-corrected chi connectivity index (χ2v) is 5.78. The molecule has 3 unspecified atom stereocenters. The van der Waals surface area contributed by atoms with Crippen molar-refractivity contribution in [1.29, 1.82) is 0 Å². The minimum absolute atomic E-state index is 0.175. The Morgan fingerprint density at radius 2 is 1.86 bits per heavy atom. The van der Waals surface area contributed by atoms with Crippen molar-refractivity contribution >= 4 is 0 Å². The topological polar surface area (TPSA) is 21.3 Å². The average molecular weight is 301 g/mol. The van der Waals surface area contributed by atoms with Crippen LogP contribution in [0.1, 0.15) is 38.7 Å². The summed E-state index contributed by atoms with van der Waals surface area (Å²) < 4.78 is 40.1. The molecule has 21 heavy (non-hydrogen) atoms. The molecule has 2 nitrogen and oxygen atoms in total. The molecule has 1 aliphatic rings. The molecule has 0 bridgehead atoms. The maximum Gasteiger partial charge on any atom is 0.573 e. The molecule has 1 fully saturated rings. The summed E-state index contributed by atoms with van der Waals surface area (Å²) in [5.74, 6) is 1.26. The highest BCUT2D eigenvalue weighted by atomic mass is 19.4. The fourth-order valence-corrected chi connectivity index (χ4v) is 3.17. The van der Waals surface area contributed by atoms with Crippen LogP contribution in [0, 0.1) is 11.8 Å². The predicted molar refractivity (Wildman–Crippen MR) is 75.9 cm³/mol. The lowest BCUT2D eigenvalue weighted by Crippen LogP contribution is -2.32. The third kappa shape index (κ3) is 4.63. The molecule has 0 aliphatic heterocycles. The molecule has 2 rings (SSSR count). The zero-order valence-electron chi connectivity index (χ0n) is 12.4. The lowest BCUT2D eigenvalue weighted by molar-refractivity contribution is -0.274. The number of hydrogen-bond acceptors (Lipinski definition) is 2. The number of benzene rings is 1. The van der Waals surface area contributed by atoms with Crippen LogP contribution >= 0.6 is 0 Å². The van der Waals surface area contributed by atoms with Crippen molar-refractivity contribution in [3.8, 4) is 5.75 Å². The molecule has 0 spiro atoms. The van der Waals surface area contributed by atoms with Crippen LogP contribution < -0.4 is 10.1 Å². The molecular formula is C16H22F3NO. The van der Waals surface area contributed by atoms with Crippen molar-refractivity contribution in [3.05, 3.63) is 29.8 Å². The molecule has 0 amide bonds. The van der Waals surface area contributed by atoms with Crippen LogP contribution in [0.5, 0.6) is 5.75 Å². The van der Waals surface area contributed by atoms with Gasteiger partial charge in [-0.3, -0.25) is 0 Å². The van der Waals surface area contributed by atoms with E-state index in [1.54, 1.807) is 12.1 Å². The Hall–Kier alpha value is -1.23. The summed E-state index contributed by atoms with van der Waals surface area (Å²) >= 11 is 0. The highest BCUT2D eigenvalue weighted by Gasteiger charge is 2.31. The minimum Gasteiger partial charge on any atom is -0.406 e. The minimum atomic E-state index is -4.63.